The van der Waals surface area contributed by atoms with E-state index in [-0.39, 0.29) is 5.91 Å². The Labute approximate surface area is 78.4 Å². The predicted octanol–water partition coefficient (Wildman–Crippen LogP) is 0.807. The maximum absolute atomic E-state index is 11.0. The van der Waals surface area contributed by atoms with Crippen LogP contribution in [0.1, 0.15) is 6.42 Å². The first kappa shape index (κ1) is 11.5. The van der Waals surface area contributed by atoms with Crippen LogP contribution < -0.4 is 5.32 Å². The third kappa shape index (κ3) is 6.19. The van der Waals surface area contributed by atoms with Crippen molar-refractivity contribution in [1.82, 2.24) is 10.2 Å². The molecule has 0 fully saturated rings. The van der Waals surface area contributed by atoms with E-state index >= 15 is 0 Å². The third-order valence-electron chi connectivity index (χ3n) is 1.33. The highest BCUT2D eigenvalue weighted by Gasteiger charge is 2.01. The molecule has 0 atom stereocenters. The fourth-order valence-electron chi connectivity index (χ4n) is 0.643. The lowest BCUT2D eigenvalue weighted by atomic mass is 10.4. The van der Waals surface area contributed by atoms with Crippen LogP contribution in [0.5, 0.6) is 0 Å². The molecular formula is C8H15ClN2O. The molecule has 0 spiro atoms. The maximum Gasteiger partial charge on any atom is 0.223 e. The van der Waals surface area contributed by atoms with Gasteiger partial charge < -0.3 is 10.2 Å². The minimum absolute atomic E-state index is 0.114. The number of amides is 1. The van der Waals surface area contributed by atoms with Gasteiger partial charge in [0, 0.05) is 38.6 Å². The van der Waals surface area contributed by atoms with E-state index in [1.807, 2.05) is 0 Å². The van der Waals surface area contributed by atoms with Crippen molar-refractivity contribution in [2.75, 3.05) is 27.2 Å². The monoisotopic (exact) mass is 190 g/mol. The van der Waals surface area contributed by atoms with Crippen molar-refractivity contribution >= 4 is 17.5 Å². The average molecular weight is 191 g/mol. The van der Waals surface area contributed by atoms with Crippen LogP contribution in [-0.4, -0.2) is 38.0 Å². The summed E-state index contributed by atoms with van der Waals surface area (Å²) < 4.78 is 0. The van der Waals surface area contributed by atoms with Crippen LogP contribution in [0, 0.1) is 0 Å². The van der Waals surface area contributed by atoms with Crippen LogP contribution in [0.3, 0.4) is 0 Å². The molecule has 0 aliphatic carbocycles. The molecule has 0 saturated heterocycles. The van der Waals surface area contributed by atoms with Gasteiger partial charge in [-0.25, -0.2) is 0 Å². The summed E-state index contributed by atoms with van der Waals surface area (Å²) in [5.74, 6) is 0.114. The van der Waals surface area contributed by atoms with Gasteiger partial charge in [0.25, 0.3) is 0 Å². The smallest absolute Gasteiger partial charge is 0.223 e. The Balaban J connectivity index is 3.32. The molecule has 0 unspecified atom stereocenters. The molecule has 1 amide bonds. The molecule has 0 heterocycles. The summed E-state index contributed by atoms with van der Waals surface area (Å²) in [6.07, 6.45) is 0.497. The average Bonchev–Trinajstić information content (AvgIpc) is 1.97. The van der Waals surface area contributed by atoms with E-state index in [2.05, 4.69) is 11.9 Å². The SMILES string of the molecule is C=C(Cl)CNCCC(=O)N(C)C. The lowest BCUT2D eigenvalue weighted by Gasteiger charge is -2.09. The van der Waals surface area contributed by atoms with Gasteiger partial charge in [-0.15, -0.1) is 0 Å². The van der Waals surface area contributed by atoms with Gasteiger partial charge in [-0.05, 0) is 0 Å². The lowest BCUT2D eigenvalue weighted by Crippen LogP contribution is -2.27. The molecule has 0 bridgehead atoms. The van der Waals surface area contributed by atoms with Crippen molar-refractivity contribution in [3.63, 3.8) is 0 Å². The molecule has 0 aliphatic rings. The van der Waals surface area contributed by atoms with Gasteiger partial charge in [0.2, 0.25) is 5.91 Å². The van der Waals surface area contributed by atoms with Gasteiger partial charge in [-0.3, -0.25) is 4.79 Å². The Morgan fingerprint density at radius 1 is 1.58 bits per heavy atom. The van der Waals surface area contributed by atoms with Gasteiger partial charge in [-0.2, -0.15) is 0 Å². The highest BCUT2D eigenvalue weighted by atomic mass is 35.5. The van der Waals surface area contributed by atoms with Crippen LogP contribution in [0.15, 0.2) is 11.6 Å². The van der Waals surface area contributed by atoms with E-state index in [0.717, 1.165) is 0 Å². The quantitative estimate of drug-likeness (QED) is 0.651. The van der Waals surface area contributed by atoms with E-state index in [9.17, 15) is 4.79 Å². The first-order valence-corrected chi connectivity index (χ1v) is 4.16. The Bertz CT molecular complexity index is 168. The Morgan fingerprint density at radius 3 is 2.58 bits per heavy atom. The molecule has 0 aliphatic heterocycles. The largest absolute Gasteiger partial charge is 0.349 e. The summed E-state index contributed by atoms with van der Waals surface area (Å²) in [5.41, 5.74) is 0. The Kier molecular flexibility index (Phi) is 5.76. The first-order chi connectivity index (χ1) is 5.54. The van der Waals surface area contributed by atoms with E-state index < -0.39 is 0 Å². The third-order valence-corrected chi connectivity index (χ3v) is 1.46. The zero-order valence-corrected chi connectivity index (χ0v) is 8.32. The molecule has 0 rings (SSSR count). The number of nitrogens with zero attached hydrogens (tertiary/aromatic N) is 1. The van der Waals surface area contributed by atoms with Crippen molar-refractivity contribution in [3.05, 3.63) is 11.6 Å². The molecule has 0 aromatic rings. The van der Waals surface area contributed by atoms with Crippen molar-refractivity contribution in [3.8, 4) is 0 Å². The molecule has 0 saturated carbocycles. The normalized spacial score (nSPS) is 9.58. The Morgan fingerprint density at radius 2 is 2.17 bits per heavy atom. The molecule has 4 heteroatoms. The molecule has 0 aromatic carbocycles. The van der Waals surface area contributed by atoms with Gasteiger partial charge in [0.05, 0.1) is 0 Å². The summed E-state index contributed by atoms with van der Waals surface area (Å²) in [6.45, 7) is 4.71. The highest BCUT2D eigenvalue weighted by Crippen LogP contribution is 1.92. The highest BCUT2D eigenvalue weighted by molar-refractivity contribution is 6.29. The van der Waals surface area contributed by atoms with Crippen molar-refractivity contribution < 1.29 is 4.79 Å². The Hall–Kier alpha value is -0.540. The molecule has 12 heavy (non-hydrogen) atoms. The van der Waals surface area contributed by atoms with Crippen LogP contribution in [0.2, 0.25) is 0 Å². The maximum atomic E-state index is 11.0. The second kappa shape index (κ2) is 6.03. The van der Waals surface area contributed by atoms with E-state index in [1.54, 1.807) is 19.0 Å². The fraction of sp³-hybridized carbons (Fsp3) is 0.625. The number of nitrogens with one attached hydrogen (secondary N) is 1. The van der Waals surface area contributed by atoms with Gasteiger partial charge in [0.15, 0.2) is 0 Å². The van der Waals surface area contributed by atoms with E-state index in [4.69, 9.17) is 11.6 Å². The number of rotatable bonds is 5. The topological polar surface area (TPSA) is 32.3 Å². The fourth-order valence-corrected chi connectivity index (χ4v) is 0.737. The second-order valence-corrected chi connectivity index (χ2v) is 3.27. The van der Waals surface area contributed by atoms with Crippen molar-refractivity contribution in [1.29, 1.82) is 0 Å². The molecule has 70 valence electrons. The molecule has 3 nitrogen and oxygen atoms in total. The van der Waals surface area contributed by atoms with Crippen molar-refractivity contribution in [2.24, 2.45) is 0 Å². The molecular weight excluding hydrogens is 176 g/mol. The summed E-state index contributed by atoms with van der Waals surface area (Å²) in [7, 11) is 3.48. The van der Waals surface area contributed by atoms with Crippen LogP contribution in [0.25, 0.3) is 0 Å². The summed E-state index contributed by atoms with van der Waals surface area (Å²) in [4.78, 5) is 12.6. The number of hydrogen-bond acceptors (Lipinski definition) is 2. The summed E-state index contributed by atoms with van der Waals surface area (Å²) in [6, 6.07) is 0. The van der Waals surface area contributed by atoms with Gasteiger partial charge in [-0.1, -0.05) is 18.2 Å². The number of carbonyl (C=O) groups is 1. The number of carbonyl (C=O) groups excluding carboxylic acids is 1. The van der Waals surface area contributed by atoms with Gasteiger partial charge >= 0.3 is 0 Å². The lowest BCUT2D eigenvalue weighted by molar-refractivity contribution is -0.128. The number of hydrogen-bond donors (Lipinski definition) is 1. The molecule has 0 aromatic heterocycles. The summed E-state index contributed by atoms with van der Waals surface area (Å²) in [5, 5.41) is 3.55. The van der Waals surface area contributed by atoms with Crippen LogP contribution in [-0.2, 0) is 4.79 Å². The van der Waals surface area contributed by atoms with Gasteiger partial charge in [0.1, 0.15) is 0 Å². The van der Waals surface area contributed by atoms with Crippen LogP contribution >= 0.6 is 11.6 Å². The summed E-state index contributed by atoms with van der Waals surface area (Å²) >= 11 is 5.50. The van der Waals surface area contributed by atoms with Crippen LogP contribution in [0.4, 0.5) is 0 Å². The minimum Gasteiger partial charge on any atom is -0.349 e. The zero-order chi connectivity index (χ0) is 9.56. The first-order valence-electron chi connectivity index (χ1n) is 3.78. The minimum atomic E-state index is 0.114. The second-order valence-electron chi connectivity index (χ2n) is 2.73. The van der Waals surface area contributed by atoms with E-state index in [0.29, 0.717) is 24.5 Å². The molecule has 0 radical (unpaired) electrons. The standard InChI is InChI=1S/C8H15ClN2O/c1-7(9)6-10-5-4-8(12)11(2)3/h10H,1,4-6H2,2-3H3. The predicted molar refractivity (Wildman–Crippen MR) is 51.2 cm³/mol. The number of halogens is 1. The van der Waals surface area contributed by atoms with E-state index in [1.165, 1.54) is 0 Å². The molecule has 1 N–H and O–H groups in total. The zero-order valence-electron chi connectivity index (χ0n) is 7.56. The van der Waals surface area contributed by atoms with Crippen molar-refractivity contribution in [2.45, 2.75) is 6.42 Å².